The van der Waals surface area contributed by atoms with Crippen LogP contribution in [0, 0.1) is 6.92 Å². The number of nitrogens with one attached hydrogen (secondary N) is 1. The standard InChI is InChI=1S/C16H16N4/c1-13-7-8-14(11-17-13)12-18-15-5-2-3-6-16(15)20-10-4-9-19-20/h2-11,18H,12H2,1H3. The van der Waals surface area contributed by atoms with Gasteiger partial charge in [0.2, 0.25) is 0 Å². The molecule has 3 aromatic rings. The molecule has 0 saturated heterocycles. The molecule has 0 fully saturated rings. The average Bonchev–Trinajstić information content (AvgIpc) is 3.01. The van der Waals surface area contributed by atoms with Crippen LogP contribution in [0.25, 0.3) is 5.69 Å². The molecule has 0 atom stereocenters. The zero-order valence-corrected chi connectivity index (χ0v) is 11.3. The third-order valence-corrected chi connectivity index (χ3v) is 3.11. The maximum atomic E-state index is 4.31. The summed E-state index contributed by atoms with van der Waals surface area (Å²) in [6, 6.07) is 14.2. The van der Waals surface area contributed by atoms with Crippen molar-refractivity contribution in [3.63, 3.8) is 0 Å². The van der Waals surface area contributed by atoms with Crippen LogP contribution in [0.3, 0.4) is 0 Å². The van der Waals surface area contributed by atoms with Crippen LogP contribution in [0.4, 0.5) is 5.69 Å². The zero-order chi connectivity index (χ0) is 13.8. The van der Waals surface area contributed by atoms with E-state index in [1.54, 1.807) is 6.20 Å². The smallest absolute Gasteiger partial charge is 0.0876 e. The Morgan fingerprint density at radius 2 is 2.00 bits per heavy atom. The Balaban J connectivity index is 1.79. The van der Waals surface area contributed by atoms with Gasteiger partial charge in [0.1, 0.15) is 0 Å². The van der Waals surface area contributed by atoms with Crippen molar-refractivity contribution < 1.29 is 0 Å². The topological polar surface area (TPSA) is 42.7 Å². The van der Waals surface area contributed by atoms with Gasteiger partial charge in [-0.3, -0.25) is 4.98 Å². The SMILES string of the molecule is Cc1ccc(CNc2ccccc2-n2cccn2)cn1. The van der Waals surface area contributed by atoms with Crippen LogP contribution in [0.2, 0.25) is 0 Å². The van der Waals surface area contributed by atoms with E-state index in [4.69, 9.17) is 0 Å². The predicted molar refractivity (Wildman–Crippen MR) is 79.9 cm³/mol. The van der Waals surface area contributed by atoms with E-state index in [9.17, 15) is 0 Å². The van der Waals surface area contributed by atoms with Gasteiger partial charge in [-0.15, -0.1) is 0 Å². The molecule has 0 unspecified atom stereocenters. The number of aryl methyl sites for hydroxylation is 1. The van der Waals surface area contributed by atoms with Crippen molar-refractivity contribution in [3.05, 3.63) is 72.3 Å². The molecule has 0 amide bonds. The second-order valence-corrected chi connectivity index (χ2v) is 4.63. The van der Waals surface area contributed by atoms with Gasteiger partial charge in [0, 0.05) is 30.8 Å². The molecule has 1 N–H and O–H groups in total. The molecule has 4 heteroatoms. The van der Waals surface area contributed by atoms with Crippen LogP contribution in [0.15, 0.2) is 61.1 Å². The summed E-state index contributed by atoms with van der Waals surface area (Å²) in [5.41, 5.74) is 4.28. The molecule has 0 spiro atoms. The van der Waals surface area contributed by atoms with E-state index in [-0.39, 0.29) is 0 Å². The van der Waals surface area contributed by atoms with Gasteiger partial charge >= 0.3 is 0 Å². The molecule has 2 aromatic heterocycles. The summed E-state index contributed by atoms with van der Waals surface area (Å²) >= 11 is 0. The van der Waals surface area contributed by atoms with E-state index in [2.05, 4.69) is 27.5 Å². The average molecular weight is 264 g/mol. The van der Waals surface area contributed by atoms with Crippen molar-refractivity contribution >= 4 is 5.69 Å². The van der Waals surface area contributed by atoms with E-state index < -0.39 is 0 Å². The first-order chi connectivity index (χ1) is 9.83. The van der Waals surface area contributed by atoms with Crippen molar-refractivity contribution in [1.29, 1.82) is 0 Å². The number of anilines is 1. The van der Waals surface area contributed by atoms with Crippen LogP contribution < -0.4 is 5.32 Å². The number of rotatable bonds is 4. The molecule has 4 nitrogen and oxygen atoms in total. The summed E-state index contributed by atoms with van der Waals surface area (Å²) in [4.78, 5) is 4.31. The first kappa shape index (κ1) is 12.4. The molecule has 0 bridgehead atoms. The minimum atomic E-state index is 0.742. The quantitative estimate of drug-likeness (QED) is 0.787. The Morgan fingerprint density at radius 3 is 2.75 bits per heavy atom. The van der Waals surface area contributed by atoms with Crippen LogP contribution in [0.1, 0.15) is 11.3 Å². The predicted octanol–water partition coefficient (Wildman–Crippen LogP) is 3.19. The van der Waals surface area contributed by atoms with E-state index >= 15 is 0 Å². The molecular weight excluding hydrogens is 248 g/mol. The van der Waals surface area contributed by atoms with Crippen LogP contribution in [-0.4, -0.2) is 14.8 Å². The molecular formula is C16H16N4. The minimum absolute atomic E-state index is 0.742. The third kappa shape index (κ3) is 2.69. The van der Waals surface area contributed by atoms with Crippen molar-refractivity contribution in [3.8, 4) is 5.69 Å². The number of hydrogen-bond donors (Lipinski definition) is 1. The van der Waals surface area contributed by atoms with E-state index in [1.807, 2.05) is 54.3 Å². The van der Waals surface area contributed by atoms with E-state index in [1.165, 1.54) is 0 Å². The summed E-state index contributed by atoms with van der Waals surface area (Å²) in [7, 11) is 0. The lowest BCUT2D eigenvalue weighted by Crippen LogP contribution is -2.05. The maximum absolute atomic E-state index is 4.31. The molecule has 2 heterocycles. The Bertz CT molecular complexity index is 672. The second kappa shape index (κ2) is 5.57. The van der Waals surface area contributed by atoms with Crippen LogP contribution in [-0.2, 0) is 6.54 Å². The fourth-order valence-corrected chi connectivity index (χ4v) is 2.03. The fourth-order valence-electron chi connectivity index (χ4n) is 2.03. The Morgan fingerprint density at radius 1 is 1.10 bits per heavy atom. The number of pyridine rings is 1. The minimum Gasteiger partial charge on any atom is -0.379 e. The number of hydrogen-bond acceptors (Lipinski definition) is 3. The Kier molecular flexibility index (Phi) is 3.46. The van der Waals surface area contributed by atoms with Gasteiger partial charge in [0.05, 0.1) is 11.4 Å². The van der Waals surface area contributed by atoms with Gasteiger partial charge in [-0.25, -0.2) is 4.68 Å². The zero-order valence-electron chi connectivity index (χ0n) is 11.3. The van der Waals surface area contributed by atoms with Crippen LogP contribution in [0.5, 0.6) is 0 Å². The van der Waals surface area contributed by atoms with Gasteiger partial charge in [-0.05, 0) is 36.8 Å². The monoisotopic (exact) mass is 264 g/mol. The second-order valence-electron chi connectivity index (χ2n) is 4.63. The first-order valence-electron chi connectivity index (χ1n) is 6.57. The highest BCUT2D eigenvalue weighted by atomic mass is 15.3. The molecule has 0 radical (unpaired) electrons. The molecule has 0 aliphatic carbocycles. The summed E-state index contributed by atoms with van der Waals surface area (Å²) in [5.74, 6) is 0. The van der Waals surface area contributed by atoms with Crippen molar-refractivity contribution in [2.24, 2.45) is 0 Å². The number of aromatic nitrogens is 3. The lowest BCUT2D eigenvalue weighted by Gasteiger charge is -2.12. The number of para-hydroxylation sites is 2. The van der Waals surface area contributed by atoms with Crippen LogP contribution >= 0.6 is 0 Å². The largest absolute Gasteiger partial charge is 0.379 e. The summed E-state index contributed by atoms with van der Waals surface area (Å²) in [6.45, 7) is 2.73. The lowest BCUT2D eigenvalue weighted by atomic mass is 10.2. The highest BCUT2D eigenvalue weighted by Crippen LogP contribution is 2.19. The van der Waals surface area contributed by atoms with Crippen molar-refractivity contribution in [2.75, 3.05) is 5.32 Å². The Labute approximate surface area is 118 Å². The van der Waals surface area contributed by atoms with Gasteiger partial charge in [-0.2, -0.15) is 5.10 Å². The molecule has 100 valence electrons. The lowest BCUT2D eigenvalue weighted by molar-refractivity contribution is 0.879. The van der Waals surface area contributed by atoms with Gasteiger partial charge in [0.15, 0.2) is 0 Å². The molecule has 0 aliphatic heterocycles. The highest BCUT2D eigenvalue weighted by molar-refractivity contribution is 5.60. The van der Waals surface area contributed by atoms with Gasteiger partial charge in [-0.1, -0.05) is 18.2 Å². The van der Waals surface area contributed by atoms with Gasteiger partial charge in [0.25, 0.3) is 0 Å². The molecule has 0 aliphatic rings. The summed E-state index contributed by atoms with van der Waals surface area (Å²) < 4.78 is 1.86. The van der Waals surface area contributed by atoms with E-state index in [0.29, 0.717) is 0 Å². The van der Waals surface area contributed by atoms with Gasteiger partial charge < -0.3 is 5.32 Å². The maximum Gasteiger partial charge on any atom is 0.0876 e. The normalized spacial score (nSPS) is 10.4. The summed E-state index contributed by atoms with van der Waals surface area (Å²) in [6.07, 6.45) is 5.62. The Hall–Kier alpha value is -2.62. The molecule has 20 heavy (non-hydrogen) atoms. The van der Waals surface area contributed by atoms with Crippen molar-refractivity contribution in [2.45, 2.75) is 13.5 Å². The summed E-state index contributed by atoms with van der Waals surface area (Å²) in [5, 5.41) is 7.71. The van der Waals surface area contributed by atoms with E-state index in [0.717, 1.165) is 29.2 Å². The molecule has 0 saturated carbocycles. The number of nitrogens with zero attached hydrogens (tertiary/aromatic N) is 3. The molecule has 3 rings (SSSR count). The first-order valence-corrected chi connectivity index (χ1v) is 6.57. The fraction of sp³-hybridized carbons (Fsp3) is 0.125. The van der Waals surface area contributed by atoms with Crippen molar-refractivity contribution in [1.82, 2.24) is 14.8 Å². The number of benzene rings is 1. The highest BCUT2D eigenvalue weighted by Gasteiger charge is 2.03. The molecule has 1 aromatic carbocycles. The third-order valence-electron chi connectivity index (χ3n) is 3.11.